The summed E-state index contributed by atoms with van der Waals surface area (Å²) in [7, 11) is 1.49. The number of hydrogen-bond donors (Lipinski definition) is 1. The van der Waals surface area contributed by atoms with Crippen molar-refractivity contribution in [3.05, 3.63) is 63.3 Å². The second kappa shape index (κ2) is 7.97. The van der Waals surface area contributed by atoms with Crippen molar-refractivity contribution in [2.75, 3.05) is 7.11 Å². The van der Waals surface area contributed by atoms with Gasteiger partial charge in [-0.2, -0.15) is 0 Å². The molecule has 0 fully saturated rings. The molecule has 0 saturated carbocycles. The fourth-order valence-electron chi connectivity index (χ4n) is 3.89. The Hall–Kier alpha value is -2.50. The number of hydrogen-bond acceptors (Lipinski definition) is 3. The Balaban J connectivity index is 2.42. The van der Waals surface area contributed by atoms with Crippen LogP contribution in [0.3, 0.4) is 0 Å². The summed E-state index contributed by atoms with van der Waals surface area (Å²) in [5, 5.41) is 11.4. The standard InChI is InChI=1S/C23H23Cl2NO4/c1-12-17(19(22(28)29)23(2,3)4)18-15(10-11-16(30-5)20(18)25)26(12)21(27)13-6-8-14(24)9-7-13/h6-11,19H,1-5H3,(H,28,29). The second-order valence-electron chi connectivity index (χ2n) is 8.26. The number of carboxylic acids is 1. The molecule has 0 aliphatic heterocycles. The molecule has 0 bridgehead atoms. The average Bonchev–Trinajstić information content (AvgIpc) is 2.93. The summed E-state index contributed by atoms with van der Waals surface area (Å²) in [4.78, 5) is 25.7. The number of fused-ring (bicyclic) bond motifs is 1. The molecule has 158 valence electrons. The lowest BCUT2D eigenvalue weighted by Gasteiger charge is -2.28. The fourth-order valence-corrected chi connectivity index (χ4v) is 4.36. The zero-order chi connectivity index (χ0) is 22.4. The Morgan fingerprint density at radius 2 is 1.67 bits per heavy atom. The average molecular weight is 448 g/mol. The summed E-state index contributed by atoms with van der Waals surface area (Å²) < 4.78 is 6.87. The van der Waals surface area contributed by atoms with Gasteiger partial charge in [0.25, 0.3) is 5.91 Å². The predicted molar refractivity (Wildman–Crippen MR) is 119 cm³/mol. The Morgan fingerprint density at radius 3 is 2.17 bits per heavy atom. The van der Waals surface area contributed by atoms with Crippen LogP contribution in [-0.2, 0) is 4.79 Å². The van der Waals surface area contributed by atoms with E-state index in [4.69, 9.17) is 27.9 Å². The maximum absolute atomic E-state index is 13.4. The van der Waals surface area contributed by atoms with Crippen LogP contribution in [0.5, 0.6) is 5.75 Å². The number of halogens is 2. The highest BCUT2D eigenvalue weighted by Crippen LogP contribution is 2.46. The second-order valence-corrected chi connectivity index (χ2v) is 9.07. The van der Waals surface area contributed by atoms with E-state index in [1.54, 1.807) is 43.3 Å². The van der Waals surface area contributed by atoms with Crippen LogP contribution in [0, 0.1) is 12.3 Å². The van der Waals surface area contributed by atoms with E-state index in [-0.39, 0.29) is 10.9 Å². The lowest BCUT2D eigenvalue weighted by atomic mass is 9.75. The van der Waals surface area contributed by atoms with Gasteiger partial charge in [0.05, 0.1) is 23.6 Å². The van der Waals surface area contributed by atoms with Crippen molar-refractivity contribution in [1.29, 1.82) is 0 Å². The first kappa shape index (κ1) is 22.2. The molecular formula is C23H23Cl2NO4. The van der Waals surface area contributed by atoms with Crippen LogP contribution in [0.15, 0.2) is 36.4 Å². The molecule has 2 aromatic carbocycles. The van der Waals surface area contributed by atoms with Crippen molar-refractivity contribution in [3.8, 4) is 5.75 Å². The number of aromatic nitrogens is 1. The molecule has 0 aliphatic rings. The third-order valence-corrected chi connectivity index (χ3v) is 5.86. The molecule has 1 aromatic heterocycles. The van der Waals surface area contributed by atoms with E-state index in [0.29, 0.717) is 38.5 Å². The van der Waals surface area contributed by atoms with E-state index in [1.165, 1.54) is 11.7 Å². The molecule has 1 N–H and O–H groups in total. The Labute approximate surface area is 185 Å². The molecule has 0 radical (unpaired) electrons. The summed E-state index contributed by atoms with van der Waals surface area (Å²) >= 11 is 12.6. The molecule has 0 spiro atoms. The quantitative estimate of drug-likeness (QED) is 0.519. The molecule has 7 heteroatoms. The topological polar surface area (TPSA) is 68.5 Å². The summed E-state index contributed by atoms with van der Waals surface area (Å²) in [5.41, 5.74) is 1.38. The van der Waals surface area contributed by atoms with Crippen molar-refractivity contribution in [1.82, 2.24) is 4.57 Å². The number of carbonyl (C=O) groups excluding carboxylic acids is 1. The van der Waals surface area contributed by atoms with Gasteiger partial charge in [0.2, 0.25) is 0 Å². The Morgan fingerprint density at radius 1 is 1.07 bits per heavy atom. The minimum atomic E-state index is -0.984. The number of benzene rings is 2. The number of methoxy groups -OCH3 is 1. The van der Waals surface area contributed by atoms with Crippen LogP contribution in [0.1, 0.15) is 48.3 Å². The van der Waals surface area contributed by atoms with Crippen molar-refractivity contribution >= 4 is 46.0 Å². The van der Waals surface area contributed by atoms with E-state index >= 15 is 0 Å². The summed E-state index contributed by atoms with van der Waals surface area (Å²) in [6, 6.07) is 9.96. The molecule has 1 atom stereocenters. The van der Waals surface area contributed by atoms with Crippen LogP contribution < -0.4 is 4.74 Å². The van der Waals surface area contributed by atoms with Gasteiger partial charge >= 0.3 is 5.97 Å². The SMILES string of the molecule is COc1ccc2c(c1Cl)c(C(C(=O)O)C(C)(C)C)c(C)n2C(=O)c1ccc(Cl)cc1. The molecule has 30 heavy (non-hydrogen) atoms. The largest absolute Gasteiger partial charge is 0.495 e. The van der Waals surface area contributed by atoms with Gasteiger partial charge in [-0.25, -0.2) is 0 Å². The van der Waals surface area contributed by atoms with E-state index in [9.17, 15) is 14.7 Å². The zero-order valence-electron chi connectivity index (χ0n) is 17.4. The summed E-state index contributed by atoms with van der Waals surface area (Å²) in [5.74, 6) is -1.74. The monoisotopic (exact) mass is 447 g/mol. The number of nitrogens with zero attached hydrogens (tertiary/aromatic N) is 1. The highest BCUT2D eigenvalue weighted by molar-refractivity contribution is 6.37. The Bertz CT molecular complexity index is 1140. The number of carbonyl (C=O) groups is 2. The van der Waals surface area contributed by atoms with Crippen LogP contribution >= 0.6 is 23.2 Å². The van der Waals surface area contributed by atoms with Crippen molar-refractivity contribution in [2.45, 2.75) is 33.6 Å². The number of carboxylic acid groups (broad SMARTS) is 1. The van der Waals surface area contributed by atoms with Crippen LogP contribution in [-0.4, -0.2) is 28.7 Å². The summed E-state index contributed by atoms with van der Waals surface area (Å²) in [6.07, 6.45) is 0. The maximum Gasteiger partial charge on any atom is 0.311 e. The highest BCUT2D eigenvalue weighted by Gasteiger charge is 2.38. The normalized spacial score (nSPS) is 12.8. The summed E-state index contributed by atoms with van der Waals surface area (Å²) in [6.45, 7) is 7.30. The lowest BCUT2D eigenvalue weighted by molar-refractivity contribution is -0.141. The van der Waals surface area contributed by atoms with E-state index in [1.807, 2.05) is 20.8 Å². The van der Waals surface area contributed by atoms with Gasteiger partial charge in [0, 0.05) is 21.7 Å². The fraction of sp³-hybridized carbons (Fsp3) is 0.304. The lowest BCUT2D eigenvalue weighted by Crippen LogP contribution is -2.27. The molecule has 0 saturated heterocycles. The third-order valence-electron chi connectivity index (χ3n) is 5.24. The molecule has 1 heterocycles. The maximum atomic E-state index is 13.4. The van der Waals surface area contributed by atoms with Crippen molar-refractivity contribution < 1.29 is 19.4 Å². The number of aliphatic carboxylic acids is 1. The van der Waals surface area contributed by atoms with Gasteiger partial charge in [-0.05, 0) is 54.3 Å². The molecular weight excluding hydrogens is 425 g/mol. The van der Waals surface area contributed by atoms with Gasteiger partial charge in [-0.1, -0.05) is 44.0 Å². The molecule has 0 amide bonds. The van der Waals surface area contributed by atoms with Crippen molar-refractivity contribution in [2.24, 2.45) is 5.41 Å². The van der Waals surface area contributed by atoms with Crippen LogP contribution in [0.25, 0.3) is 10.9 Å². The number of ether oxygens (including phenoxy) is 1. The molecule has 5 nitrogen and oxygen atoms in total. The predicted octanol–water partition coefficient (Wildman–Crippen LogP) is 6.17. The molecule has 1 unspecified atom stereocenters. The van der Waals surface area contributed by atoms with Gasteiger partial charge < -0.3 is 9.84 Å². The first-order valence-corrected chi connectivity index (χ1v) is 10.1. The van der Waals surface area contributed by atoms with E-state index in [0.717, 1.165) is 0 Å². The van der Waals surface area contributed by atoms with Crippen LogP contribution in [0.4, 0.5) is 0 Å². The van der Waals surface area contributed by atoms with E-state index in [2.05, 4.69) is 0 Å². The van der Waals surface area contributed by atoms with Crippen molar-refractivity contribution in [3.63, 3.8) is 0 Å². The van der Waals surface area contributed by atoms with Gasteiger partial charge in [-0.15, -0.1) is 0 Å². The van der Waals surface area contributed by atoms with Gasteiger partial charge in [0.1, 0.15) is 5.75 Å². The Kier molecular flexibility index (Phi) is 5.89. The number of rotatable bonds is 4. The smallest absolute Gasteiger partial charge is 0.311 e. The highest BCUT2D eigenvalue weighted by atomic mass is 35.5. The third kappa shape index (κ3) is 3.68. The van der Waals surface area contributed by atoms with Gasteiger partial charge in [-0.3, -0.25) is 14.2 Å². The van der Waals surface area contributed by atoms with Gasteiger partial charge in [0.15, 0.2) is 0 Å². The molecule has 3 aromatic rings. The minimum Gasteiger partial charge on any atom is -0.495 e. The molecule has 3 rings (SSSR count). The zero-order valence-corrected chi connectivity index (χ0v) is 18.9. The van der Waals surface area contributed by atoms with Crippen LogP contribution in [0.2, 0.25) is 10.0 Å². The minimum absolute atomic E-state index is 0.284. The first-order chi connectivity index (χ1) is 14.0. The van der Waals surface area contributed by atoms with E-state index < -0.39 is 17.3 Å². The first-order valence-electron chi connectivity index (χ1n) is 9.39. The molecule has 0 aliphatic carbocycles.